The van der Waals surface area contributed by atoms with E-state index in [1.165, 1.54) is 21.1 Å². The summed E-state index contributed by atoms with van der Waals surface area (Å²) in [6.07, 6.45) is 0. The van der Waals surface area contributed by atoms with E-state index in [4.69, 9.17) is 19.9 Å². The van der Waals surface area contributed by atoms with Gasteiger partial charge in [0.05, 0.1) is 25.3 Å². The van der Waals surface area contributed by atoms with Gasteiger partial charge >= 0.3 is 0 Å². The maximum Gasteiger partial charge on any atom is 0.252 e. The van der Waals surface area contributed by atoms with Crippen molar-refractivity contribution in [1.29, 1.82) is 0 Å². The Kier molecular flexibility index (Phi) is 5.30. The molecule has 0 aliphatic rings. The van der Waals surface area contributed by atoms with E-state index in [2.05, 4.69) is 10.3 Å². The van der Waals surface area contributed by atoms with Crippen molar-refractivity contribution in [2.75, 3.05) is 19.5 Å². The van der Waals surface area contributed by atoms with Gasteiger partial charge in [0, 0.05) is 48.3 Å². The van der Waals surface area contributed by atoms with Crippen LogP contribution in [0.25, 0.3) is 10.9 Å². The van der Waals surface area contributed by atoms with Crippen LogP contribution in [0.5, 0.6) is 23.1 Å². The highest BCUT2D eigenvalue weighted by atomic mass is 16.5. The lowest BCUT2D eigenvalue weighted by Crippen LogP contribution is -2.12. The number of hydrogen-bond donors (Lipinski definition) is 2. The zero-order valence-electron chi connectivity index (χ0n) is 15.6. The molecule has 0 bridgehead atoms. The summed E-state index contributed by atoms with van der Waals surface area (Å²) in [7, 11) is 2.97. The van der Waals surface area contributed by atoms with Gasteiger partial charge in [-0.05, 0) is 12.1 Å². The van der Waals surface area contributed by atoms with Crippen LogP contribution in [0.2, 0.25) is 0 Å². The van der Waals surface area contributed by atoms with E-state index in [0.29, 0.717) is 39.7 Å². The minimum Gasteiger partial charge on any atom is -0.497 e. The second kappa shape index (κ2) is 7.83. The molecule has 1 heterocycles. The number of methoxy groups -OCH3 is 2. The SMILES string of the molecule is COc1cc(NC(C)=O)cc(Oc2ccc3cc(C(N)=O)c(OC)cc3n2)c1. The molecule has 0 saturated heterocycles. The first-order valence-electron chi connectivity index (χ1n) is 8.32. The summed E-state index contributed by atoms with van der Waals surface area (Å²) >= 11 is 0. The summed E-state index contributed by atoms with van der Waals surface area (Å²) in [5, 5.41) is 3.40. The van der Waals surface area contributed by atoms with Gasteiger partial charge in [-0.25, -0.2) is 4.98 Å². The normalized spacial score (nSPS) is 10.4. The second-order valence-electron chi connectivity index (χ2n) is 5.94. The number of benzene rings is 2. The third-order valence-corrected chi connectivity index (χ3v) is 3.91. The number of carbonyl (C=O) groups is 2. The number of ether oxygens (including phenoxy) is 3. The highest BCUT2D eigenvalue weighted by Gasteiger charge is 2.12. The highest BCUT2D eigenvalue weighted by Crippen LogP contribution is 2.31. The number of nitrogens with two attached hydrogens (primary N) is 1. The Morgan fingerprint density at radius 3 is 2.39 bits per heavy atom. The average molecular weight is 381 g/mol. The molecule has 0 spiro atoms. The first-order chi connectivity index (χ1) is 13.4. The fourth-order valence-corrected chi connectivity index (χ4v) is 2.70. The Labute approximate surface area is 161 Å². The van der Waals surface area contributed by atoms with Gasteiger partial charge in [0.15, 0.2) is 0 Å². The summed E-state index contributed by atoms with van der Waals surface area (Å²) in [6, 6.07) is 11.7. The third kappa shape index (κ3) is 4.12. The van der Waals surface area contributed by atoms with Gasteiger partial charge in [-0.15, -0.1) is 0 Å². The van der Waals surface area contributed by atoms with E-state index in [1.54, 1.807) is 42.5 Å². The Morgan fingerprint density at radius 1 is 1.00 bits per heavy atom. The number of nitrogens with zero attached hydrogens (tertiary/aromatic N) is 1. The second-order valence-corrected chi connectivity index (χ2v) is 5.94. The molecule has 3 N–H and O–H groups in total. The lowest BCUT2D eigenvalue weighted by molar-refractivity contribution is -0.114. The number of rotatable bonds is 6. The van der Waals surface area contributed by atoms with E-state index in [1.807, 2.05) is 0 Å². The van der Waals surface area contributed by atoms with Gasteiger partial charge in [-0.3, -0.25) is 9.59 Å². The summed E-state index contributed by atoms with van der Waals surface area (Å²) in [5.74, 6) is 0.828. The number of hydrogen-bond acceptors (Lipinski definition) is 6. The molecule has 0 unspecified atom stereocenters. The number of carbonyl (C=O) groups excluding carboxylic acids is 2. The molecule has 2 amide bonds. The molecule has 2 aromatic carbocycles. The van der Waals surface area contributed by atoms with Crippen molar-refractivity contribution in [3.05, 3.63) is 48.0 Å². The number of primary amides is 1. The van der Waals surface area contributed by atoms with E-state index >= 15 is 0 Å². The lowest BCUT2D eigenvalue weighted by atomic mass is 10.1. The zero-order chi connectivity index (χ0) is 20.3. The number of pyridine rings is 1. The summed E-state index contributed by atoms with van der Waals surface area (Å²) < 4.78 is 16.3. The van der Waals surface area contributed by atoms with E-state index in [-0.39, 0.29) is 11.5 Å². The standard InChI is InChI=1S/C20H19N3O5/c1-11(24)22-13-7-14(26-2)9-15(8-13)28-19-5-4-12-6-16(20(21)25)18(27-3)10-17(12)23-19/h4-10H,1-3H3,(H2,21,25)(H,22,24). The van der Waals surface area contributed by atoms with Crippen molar-refractivity contribution in [3.8, 4) is 23.1 Å². The number of amides is 2. The predicted molar refractivity (Wildman–Crippen MR) is 104 cm³/mol. The predicted octanol–water partition coefficient (Wildman–Crippen LogP) is 3.10. The number of fused-ring (bicyclic) bond motifs is 1. The maximum atomic E-state index is 11.6. The van der Waals surface area contributed by atoms with Gasteiger partial charge < -0.3 is 25.3 Å². The molecule has 0 fully saturated rings. The van der Waals surface area contributed by atoms with Gasteiger partial charge in [0.1, 0.15) is 17.2 Å². The highest BCUT2D eigenvalue weighted by molar-refractivity contribution is 6.00. The van der Waals surface area contributed by atoms with Crippen molar-refractivity contribution in [1.82, 2.24) is 4.98 Å². The molecule has 8 nitrogen and oxygen atoms in total. The first-order valence-corrected chi connectivity index (χ1v) is 8.32. The fraction of sp³-hybridized carbons (Fsp3) is 0.150. The van der Waals surface area contributed by atoms with Crippen LogP contribution in [0.3, 0.4) is 0 Å². The van der Waals surface area contributed by atoms with Crippen LogP contribution in [-0.4, -0.2) is 31.0 Å². The molecule has 8 heteroatoms. The fourth-order valence-electron chi connectivity index (χ4n) is 2.70. The quantitative estimate of drug-likeness (QED) is 0.678. The first kappa shape index (κ1) is 19.0. The molecule has 0 atom stereocenters. The monoisotopic (exact) mass is 381 g/mol. The molecule has 28 heavy (non-hydrogen) atoms. The number of anilines is 1. The van der Waals surface area contributed by atoms with Crippen LogP contribution >= 0.6 is 0 Å². The molecule has 1 aromatic heterocycles. The Hall–Kier alpha value is -3.81. The van der Waals surface area contributed by atoms with Crippen LogP contribution in [0.4, 0.5) is 5.69 Å². The third-order valence-electron chi connectivity index (χ3n) is 3.91. The van der Waals surface area contributed by atoms with Gasteiger partial charge in [0.25, 0.3) is 5.91 Å². The molecule has 144 valence electrons. The van der Waals surface area contributed by atoms with Crippen molar-refractivity contribution in [2.45, 2.75) is 6.92 Å². The topological polar surface area (TPSA) is 113 Å². The van der Waals surface area contributed by atoms with E-state index in [0.717, 1.165) is 0 Å². The summed E-state index contributed by atoms with van der Waals surface area (Å²) in [4.78, 5) is 27.3. The molecular formula is C20H19N3O5. The largest absolute Gasteiger partial charge is 0.497 e. The van der Waals surface area contributed by atoms with Gasteiger partial charge in [-0.2, -0.15) is 0 Å². The number of nitrogens with one attached hydrogen (secondary N) is 1. The van der Waals surface area contributed by atoms with Crippen LogP contribution in [-0.2, 0) is 4.79 Å². The molecule has 0 saturated carbocycles. The van der Waals surface area contributed by atoms with Crippen LogP contribution in [0.15, 0.2) is 42.5 Å². The minimum atomic E-state index is -0.582. The van der Waals surface area contributed by atoms with Gasteiger partial charge in [-0.1, -0.05) is 0 Å². The van der Waals surface area contributed by atoms with E-state index < -0.39 is 5.91 Å². The number of aromatic nitrogens is 1. The van der Waals surface area contributed by atoms with Crippen LogP contribution in [0.1, 0.15) is 17.3 Å². The molecular weight excluding hydrogens is 362 g/mol. The van der Waals surface area contributed by atoms with Crippen LogP contribution in [0, 0.1) is 0 Å². The minimum absolute atomic E-state index is 0.208. The molecule has 3 rings (SSSR count). The summed E-state index contributed by atoms with van der Waals surface area (Å²) in [6.45, 7) is 1.42. The molecule has 3 aromatic rings. The Balaban J connectivity index is 1.97. The molecule has 0 radical (unpaired) electrons. The Bertz CT molecular complexity index is 1070. The van der Waals surface area contributed by atoms with Gasteiger partial charge in [0.2, 0.25) is 11.8 Å². The Morgan fingerprint density at radius 2 is 1.75 bits per heavy atom. The maximum absolute atomic E-state index is 11.6. The zero-order valence-corrected chi connectivity index (χ0v) is 15.6. The van der Waals surface area contributed by atoms with Crippen molar-refractivity contribution < 1.29 is 23.8 Å². The van der Waals surface area contributed by atoms with Crippen molar-refractivity contribution in [2.24, 2.45) is 5.73 Å². The average Bonchev–Trinajstić information content (AvgIpc) is 2.65. The molecule has 0 aliphatic heterocycles. The molecule has 0 aliphatic carbocycles. The lowest BCUT2D eigenvalue weighted by Gasteiger charge is -2.11. The summed E-state index contributed by atoms with van der Waals surface area (Å²) in [5.41, 5.74) is 6.77. The van der Waals surface area contributed by atoms with E-state index in [9.17, 15) is 9.59 Å². The van der Waals surface area contributed by atoms with Crippen molar-refractivity contribution >= 4 is 28.4 Å². The smallest absolute Gasteiger partial charge is 0.252 e. The van der Waals surface area contributed by atoms with Crippen molar-refractivity contribution in [3.63, 3.8) is 0 Å². The van der Waals surface area contributed by atoms with Crippen LogP contribution < -0.4 is 25.3 Å².